The van der Waals surface area contributed by atoms with Gasteiger partial charge in [0.2, 0.25) is 0 Å². The number of rotatable bonds is 8. The fourth-order valence-electron chi connectivity index (χ4n) is 11.5. The SMILES string of the molecule is CO[C@H]1C[C@H](O[C@H]2CC[C@@]3(C=O)[C@@H](CC[C@@H]4[C@@H]3CC[C@]3(C)[C@H](C5=CC(=O)OC5)CC[C@]43O)C2)O[C@H](C)[C@@H]1O[C@@H]1O[C@H](CO)[C@@H](O)[C@H](O)[C@H]1O. The Kier molecular flexibility index (Phi) is 9.86. The highest BCUT2D eigenvalue weighted by Crippen LogP contribution is 2.69. The van der Waals surface area contributed by atoms with Crippen molar-refractivity contribution in [2.24, 2.45) is 34.5 Å². The van der Waals surface area contributed by atoms with Crippen molar-refractivity contribution in [2.45, 2.75) is 145 Å². The van der Waals surface area contributed by atoms with Crippen LogP contribution in [0.25, 0.3) is 0 Å². The van der Waals surface area contributed by atoms with Crippen LogP contribution in [0.3, 0.4) is 0 Å². The van der Waals surface area contributed by atoms with Crippen LogP contribution in [0.5, 0.6) is 0 Å². The van der Waals surface area contributed by atoms with E-state index in [9.17, 15) is 35.1 Å². The summed E-state index contributed by atoms with van der Waals surface area (Å²) in [6.45, 7) is 3.75. The van der Waals surface area contributed by atoms with E-state index >= 15 is 0 Å². The van der Waals surface area contributed by atoms with Crippen LogP contribution in [-0.4, -0.2) is 125 Å². The Morgan fingerprint density at radius 3 is 2.45 bits per heavy atom. The molecule has 4 saturated carbocycles. The van der Waals surface area contributed by atoms with Crippen LogP contribution in [-0.2, 0) is 38.0 Å². The topological polar surface area (TPSA) is 191 Å². The Morgan fingerprint density at radius 2 is 1.76 bits per heavy atom. The smallest absolute Gasteiger partial charge is 0.331 e. The Hall–Kier alpha value is -1.52. The molecule has 49 heavy (non-hydrogen) atoms. The molecule has 17 atom stereocenters. The zero-order valence-corrected chi connectivity index (χ0v) is 28.7. The van der Waals surface area contributed by atoms with Crippen LogP contribution in [0, 0.1) is 34.5 Å². The maximum absolute atomic E-state index is 13.2. The number of methoxy groups -OCH3 is 1. The number of ether oxygens (including phenoxy) is 6. The van der Waals surface area contributed by atoms with E-state index in [0.717, 1.165) is 44.1 Å². The maximum Gasteiger partial charge on any atom is 0.331 e. The third kappa shape index (κ3) is 5.75. The number of fused-ring (bicyclic) bond motifs is 5. The molecule has 3 heterocycles. The lowest BCUT2D eigenvalue weighted by Crippen LogP contribution is -2.63. The second kappa shape index (κ2) is 13.5. The van der Waals surface area contributed by atoms with Crippen molar-refractivity contribution in [3.05, 3.63) is 11.6 Å². The van der Waals surface area contributed by atoms with Gasteiger partial charge in [0.25, 0.3) is 0 Å². The van der Waals surface area contributed by atoms with Gasteiger partial charge in [-0.25, -0.2) is 4.79 Å². The van der Waals surface area contributed by atoms with Crippen LogP contribution in [0.1, 0.15) is 78.1 Å². The lowest BCUT2D eigenvalue weighted by atomic mass is 9.43. The van der Waals surface area contributed by atoms with Crippen molar-refractivity contribution < 1.29 is 63.5 Å². The number of carbonyl (C=O) groups excluding carboxylic acids is 2. The van der Waals surface area contributed by atoms with Gasteiger partial charge in [-0.3, -0.25) is 0 Å². The highest BCUT2D eigenvalue weighted by atomic mass is 16.7. The summed E-state index contributed by atoms with van der Waals surface area (Å²) >= 11 is 0. The van der Waals surface area contributed by atoms with E-state index in [4.69, 9.17) is 28.4 Å². The summed E-state index contributed by atoms with van der Waals surface area (Å²) in [5.41, 5.74) is -0.761. The second-order valence-corrected chi connectivity index (χ2v) is 16.1. The third-order valence-corrected chi connectivity index (χ3v) is 14.1. The minimum atomic E-state index is -1.56. The van der Waals surface area contributed by atoms with E-state index in [0.29, 0.717) is 32.3 Å². The molecule has 0 unspecified atom stereocenters. The van der Waals surface area contributed by atoms with E-state index in [2.05, 4.69) is 6.92 Å². The molecule has 13 heteroatoms. The van der Waals surface area contributed by atoms with Gasteiger partial charge in [-0.1, -0.05) is 6.92 Å². The molecule has 0 spiro atoms. The summed E-state index contributed by atoms with van der Waals surface area (Å²) in [7, 11) is 1.55. The summed E-state index contributed by atoms with van der Waals surface area (Å²) in [5, 5.41) is 52.9. The molecule has 6 fully saturated rings. The molecule has 3 aliphatic heterocycles. The Labute approximate surface area is 287 Å². The monoisotopic (exact) mass is 694 g/mol. The molecule has 2 saturated heterocycles. The van der Waals surface area contributed by atoms with Gasteiger partial charge in [0.05, 0.1) is 30.5 Å². The van der Waals surface area contributed by atoms with Gasteiger partial charge in [0.15, 0.2) is 12.6 Å². The number of aliphatic hydroxyl groups is 5. The van der Waals surface area contributed by atoms with Crippen molar-refractivity contribution in [1.29, 1.82) is 0 Å². The quantitative estimate of drug-likeness (QED) is 0.138. The van der Waals surface area contributed by atoms with E-state index in [1.807, 2.05) is 0 Å². The van der Waals surface area contributed by atoms with Crippen LogP contribution >= 0.6 is 0 Å². The van der Waals surface area contributed by atoms with Gasteiger partial charge in [-0.2, -0.15) is 0 Å². The standard InChI is InChI=1S/C36H54O13/c1-18-32(49-33-31(42)30(41)29(40)26(15-37)48-33)25(44-3)14-28(46-18)47-21-6-10-35(17-38)20(13-21)4-5-24-23(35)7-9-34(2)22(8-11-36(24,34)43)19-12-27(39)45-16-19/h12,17-18,20-26,28-33,37,40-43H,4-11,13-16H2,1-3H3/t18-,20+,21+,22+,23+,24-,25+,26-,28+,29-,30+,31-,32+,33+,34-,35-,36+/m1/s1. The first kappa shape index (κ1) is 35.9. The molecule has 0 aromatic carbocycles. The molecule has 0 amide bonds. The average Bonchev–Trinajstić information content (AvgIpc) is 3.64. The van der Waals surface area contributed by atoms with Crippen LogP contribution in [0.15, 0.2) is 11.6 Å². The Bertz CT molecular complexity index is 1280. The molecule has 5 N–H and O–H groups in total. The fourth-order valence-corrected chi connectivity index (χ4v) is 11.5. The largest absolute Gasteiger partial charge is 0.458 e. The molecule has 13 nitrogen and oxygen atoms in total. The van der Waals surface area contributed by atoms with Gasteiger partial charge in [0.1, 0.15) is 43.4 Å². The first-order valence-corrected chi connectivity index (χ1v) is 18.2. The predicted molar refractivity (Wildman–Crippen MR) is 169 cm³/mol. The summed E-state index contributed by atoms with van der Waals surface area (Å²) in [6.07, 6.45) is 0.732. The number of esters is 1. The lowest BCUT2D eigenvalue weighted by molar-refractivity contribution is -0.345. The third-order valence-electron chi connectivity index (χ3n) is 14.1. The molecule has 7 rings (SSSR count). The van der Waals surface area contributed by atoms with Crippen molar-refractivity contribution in [1.82, 2.24) is 0 Å². The lowest BCUT2D eigenvalue weighted by Gasteiger charge is -2.63. The highest BCUT2D eigenvalue weighted by molar-refractivity contribution is 5.85. The minimum absolute atomic E-state index is 0.0272. The van der Waals surface area contributed by atoms with Gasteiger partial charge in [-0.05, 0) is 94.0 Å². The normalized spacial score (nSPS) is 52.8. The first-order chi connectivity index (χ1) is 23.4. The summed E-state index contributed by atoms with van der Waals surface area (Å²) < 4.78 is 35.4. The zero-order chi connectivity index (χ0) is 34.9. The van der Waals surface area contributed by atoms with Crippen LogP contribution in [0.2, 0.25) is 0 Å². The van der Waals surface area contributed by atoms with Gasteiger partial charge in [0, 0.05) is 30.4 Å². The number of carbonyl (C=O) groups is 2. The molecule has 276 valence electrons. The van der Waals surface area contributed by atoms with Crippen LogP contribution < -0.4 is 0 Å². The highest BCUT2D eigenvalue weighted by Gasteiger charge is 2.68. The molecular weight excluding hydrogens is 640 g/mol. The van der Waals surface area contributed by atoms with Crippen molar-refractivity contribution in [3.63, 3.8) is 0 Å². The number of cyclic esters (lactones) is 1. The Morgan fingerprint density at radius 1 is 0.959 bits per heavy atom. The fraction of sp³-hybridized carbons (Fsp3) is 0.889. The number of hydrogen-bond acceptors (Lipinski definition) is 13. The molecule has 0 aromatic rings. The van der Waals surface area contributed by atoms with Gasteiger partial charge in [-0.15, -0.1) is 0 Å². The number of aliphatic hydroxyl groups excluding tert-OH is 4. The first-order valence-electron chi connectivity index (χ1n) is 18.2. The van der Waals surface area contributed by atoms with E-state index in [1.165, 1.54) is 6.29 Å². The van der Waals surface area contributed by atoms with Crippen molar-refractivity contribution in [3.8, 4) is 0 Å². The average molecular weight is 695 g/mol. The zero-order valence-electron chi connectivity index (χ0n) is 28.7. The number of aldehydes is 1. The molecule has 0 bridgehead atoms. The van der Waals surface area contributed by atoms with Crippen LogP contribution in [0.4, 0.5) is 0 Å². The Balaban J connectivity index is 0.990. The van der Waals surface area contributed by atoms with E-state index in [-0.39, 0.29) is 41.2 Å². The molecule has 0 radical (unpaired) electrons. The number of hydrogen-bond donors (Lipinski definition) is 5. The van der Waals surface area contributed by atoms with E-state index < -0.39 is 72.9 Å². The predicted octanol–water partition coefficient (Wildman–Crippen LogP) is 1.14. The molecule has 0 aromatic heterocycles. The maximum atomic E-state index is 13.2. The van der Waals surface area contributed by atoms with Gasteiger partial charge < -0.3 is 58.7 Å². The summed E-state index contributed by atoms with van der Waals surface area (Å²) in [6, 6.07) is 0. The van der Waals surface area contributed by atoms with E-state index in [1.54, 1.807) is 20.1 Å². The van der Waals surface area contributed by atoms with Crippen molar-refractivity contribution in [2.75, 3.05) is 20.3 Å². The summed E-state index contributed by atoms with van der Waals surface area (Å²) in [5.74, 6) is 0.0740. The van der Waals surface area contributed by atoms with Gasteiger partial charge >= 0.3 is 5.97 Å². The molecule has 4 aliphatic carbocycles. The summed E-state index contributed by atoms with van der Waals surface area (Å²) in [4.78, 5) is 25.1. The van der Waals surface area contributed by atoms with Crippen molar-refractivity contribution >= 4 is 12.3 Å². The minimum Gasteiger partial charge on any atom is -0.458 e. The second-order valence-electron chi connectivity index (χ2n) is 16.1. The molecular formula is C36H54O13. The molecule has 7 aliphatic rings.